The molecule has 0 amide bonds. The molecule has 0 fully saturated rings. The number of carbonyl (C=O) groups is 1. The van der Waals surface area contributed by atoms with E-state index < -0.39 is 8.07 Å². The Hall–Kier alpha value is -0.633. The van der Waals surface area contributed by atoms with Gasteiger partial charge < -0.3 is 0 Å². The van der Waals surface area contributed by atoms with Gasteiger partial charge >= 0.3 is 0 Å². The average molecular weight is 220 g/mol. The van der Waals surface area contributed by atoms with Gasteiger partial charge in [-0.25, -0.2) is 0 Å². The standard InChI is InChI=1S/C13H20OSi/c1-5-11(14)12-9-6-7-10(8-9)13(12)15(2,3)4/h6-7,9-10H,5,8H2,1-4H3. The summed E-state index contributed by atoms with van der Waals surface area (Å²) < 4.78 is 0. The Labute approximate surface area is 93.3 Å². The SMILES string of the molecule is CCC(=O)C1=C([Si](C)(C)C)C2C=CC1C2. The predicted octanol–water partition coefficient (Wildman–Crippen LogP) is 3.35. The van der Waals surface area contributed by atoms with Crippen molar-refractivity contribution in [3.63, 3.8) is 0 Å². The minimum Gasteiger partial charge on any atom is -0.295 e. The Morgan fingerprint density at radius 2 is 1.93 bits per heavy atom. The van der Waals surface area contributed by atoms with E-state index in [9.17, 15) is 4.79 Å². The minimum absolute atomic E-state index is 0.393. The molecule has 2 atom stereocenters. The van der Waals surface area contributed by atoms with Crippen LogP contribution >= 0.6 is 0 Å². The van der Waals surface area contributed by atoms with Crippen molar-refractivity contribution in [2.24, 2.45) is 11.8 Å². The van der Waals surface area contributed by atoms with Crippen molar-refractivity contribution in [3.8, 4) is 0 Å². The van der Waals surface area contributed by atoms with E-state index in [0.29, 0.717) is 24.0 Å². The molecule has 2 heteroatoms. The summed E-state index contributed by atoms with van der Waals surface area (Å²) in [5.41, 5.74) is 1.20. The molecule has 2 aliphatic rings. The molecule has 2 rings (SSSR count). The maximum Gasteiger partial charge on any atom is 0.158 e. The zero-order chi connectivity index (χ0) is 11.2. The molecule has 0 spiro atoms. The van der Waals surface area contributed by atoms with Crippen LogP contribution in [-0.4, -0.2) is 13.9 Å². The second kappa shape index (κ2) is 3.44. The molecule has 2 unspecified atom stereocenters. The zero-order valence-electron chi connectivity index (χ0n) is 10.1. The fraction of sp³-hybridized carbons (Fsp3) is 0.615. The molecule has 0 saturated carbocycles. The lowest BCUT2D eigenvalue weighted by Crippen LogP contribution is -2.29. The maximum atomic E-state index is 12.0. The first-order valence-electron chi connectivity index (χ1n) is 5.91. The van der Waals surface area contributed by atoms with E-state index in [-0.39, 0.29) is 0 Å². The number of carbonyl (C=O) groups excluding carboxylic acids is 1. The molecule has 0 heterocycles. The van der Waals surface area contributed by atoms with Crippen LogP contribution in [0.1, 0.15) is 19.8 Å². The van der Waals surface area contributed by atoms with Crippen molar-refractivity contribution in [1.29, 1.82) is 0 Å². The van der Waals surface area contributed by atoms with Gasteiger partial charge in [0.05, 0.1) is 8.07 Å². The Balaban J connectivity index is 2.45. The van der Waals surface area contributed by atoms with Crippen molar-refractivity contribution in [2.75, 3.05) is 0 Å². The van der Waals surface area contributed by atoms with Crippen molar-refractivity contribution in [3.05, 3.63) is 22.9 Å². The molecular formula is C13H20OSi. The first kappa shape index (κ1) is 10.9. The van der Waals surface area contributed by atoms with Crippen LogP contribution in [0.2, 0.25) is 19.6 Å². The third-order valence-corrected chi connectivity index (χ3v) is 5.80. The highest BCUT2D eigenvalue weighted by molar-refractivity contribution is 6.83. The first-order chi connectivity index (χ1) is 6.95. The summed E-state index contributed by atoms with van der Waals surface area (Å²) in [6.45, 7) is 9.06. The van der Waals surface area contributed by atoms with Gasteiger partial charge in [-0.2, -0.15) is 0 Å². The molecule has 2 aliphatic carbocycles. The molecule has 0 N–H and O–H groups in total. The topological polar surface area (TPSA) is 17.1 Å². The molecule has 0 radical (unpaired) electrons. The fourth-order valence-corrected chi connectivity index (χ4v) is 5.49. The second-order valence-electron chi connectivity index (χ2n) is 5.69. The summed E-state index contributed by atoms with van der Waals surface area (Å²) in [5.74, 6) is 1.46. The van der Waals surface area contributed by atoms with Crippen molar-refractivity contribution in [1.82, 2.24) is 0 Å². The largest absolute Gasteiger partial charge is 0.295 e. The van der Waals surface area contributed by atoms with Gasteiger partial charge in [0, 0.05) is 12.3 Å². The monoisotopic (exact) mass is 220 g/mol. The number of fused-ring (bicyclic) bond motifs is 2. The number of ketones is 1. The van der Waals surface area contributed by atoms with Crippen LogP contribution in [0.5, 0.6) is 0 Å². The van der Waals surface area contributed by atoms with Gasteiger partial charge in [-0.1, -0.05) is 43.9 Å². The molecule has 0 aromatic heterocycles. The van der Waals surface area contributed by atoms with E-state index in [1.165, 1.54) is 12.0 Å². The summed E-state index contributed by atoms with van der Waals surface area (Å²) in [6.07, 6.45) is 6.42. The van der Waals surface area contributed by atoms with Crippen LogP contribution in [0, 0.1) is 11.8 Å². The summed E-state index contributed by atoms with van der Waals surface area (Å²) in [6, 6.07) is 0. The predicted molar refractivity (Wildman–Crippen MR) is 66.4 cm³/mol. The van der Waals surface area contributed by atoms with Crippen LogP contribution < -0.4 is 0 Å². The minimum atomic E-state index is -1.31. The molecule has 0 aliphatic heterocycles. The lowest BCUT2D eigenvalue weighted by Gasteiger charge is -2.26. The molecule has 0 saturated heterocycles. The van der Waals surface area contributed by atoms with Gasteiger partial charge in [0.25, 0.3) is 0 Å². The van der Waals surface area contributed by atoms with Crippen LogP contribution in [0.15, 0.2) is 22.9 Å². The smallest absolute Gasteiger partial charge is 0.158 e. The molecule has 0 aromatic rings. The molecule has 2 bridgehead atoms. The van der Waals surface area contributed by atoms with Gasteiger partial charge in [0.1, 0.15) is 0 Å². The molecule has 1 nitrogen and oxygen atoms in total. The molecule has 15 heavy (non-hydrogen) atoms. The first-order valence-corrected chi connectivity index (χ1v) is 9.41. The number of hydrogen-bond acceptors (Lipinski definition) is 1. The second-order valence-corrected chi connectivity index (χ2v) is 10.7. The zero-order valence-corrected chi connectivity index (χ0v) is 11.1. The van der Waals surface area contributed by atoms with Crippen LogP contribution in [0.4, 0.5) is 0 Å². The third kappa shape index (κ3) is 1.65. The molecule has 0 aromatic carbocycles. The van der Waals surface area contributed by atoms with Crippen molar-refractivity contribution >= 4 is 13.9 Å². The van der Waals surface area contributed by atoms with E-state index in [0.717, 1.165) is 0 Å². The highest BCUT2D eigenvalue weighted by atomic mass is 28.3. The Morgan fingerprint density at radius 1 is 1.33 bits per heavy atom. The number of hydrogen-bond donors (Lipinski definition) is 0. The van der Waals surface area contributed by atoms with Gasteiger partial charge in [0.15, 0.2) is 5.78 Å². The summed E-state index contributed by atoms with van der Waals surface area (Å²) >= 11 is 0. The summed E-state index contributed by atoms with van der Waals surface area (Å²) in [5, 5.41) is 1.54. The summed E-state index contributed by atoms with van der Waals surface area (Å²) in [4.78, 5) is 12.0. The molecule has 82 valence electrons. The molecular weight excluding hydrogens is 200 g/mol. The number of Topliss-reactive ketones (excluding diaryl/α,β-unsaturated/α-hetero) is 1. The van der Waals surface area contributed by atoms with Gasteiger partial charge in [-0.15, -0.1) is 0 Å². The quantitative estimate of drug-likeness (QED) is 0.526. The Kier molecular flexibility index (Phi) is 2.50. The van der Waals surface area contributed by atoms with Gasteiger partial charge in [0.2, 0.25) is 0 Å². The van der Waals surface area contributed by atoms with E-state index in [1.54, 1.807) is 5.20 Å². The van der Waals surface area contributed by atoms with Crippen LogP contribution in [-0.2, 0) is 4.79 Å². The van der Waals surface area contributed by atoms with E-state index in [1.807, 2.05) is 6.92 Å². The summed E-state index contributed by atoms with van der Waals surface area (Å²) in [7, 11) is -1.31. The maximum absolute atomic E-state index is 12.0. The van der Waals surface area contributed by atoms with E-state index in [4.69, 9.17) is 0 Å². The number of allylic oxidation sites excluding steroid dienone is 4. The van der Waals surface area contributed by atoms with E-state index >= 15 is 0 Å². The van der Waals surface area contributed by atoms with Gasteiger partial charge in [-0.05, 0) is 17.9 Å². The Bertz CT molecular complexity index is 357. The number of rotatable bonds is 3. The van der Waals surface area contributed by atoms with Crippen LogP contribution in [0.25, 0.3) is 0 Å². The Morgan fingerprint density at radius 3 is 2.47 bits per heavy atom. The van der Waals surface area contributed by atoms with Crippen molar-refractivity contribution in [2.45, 2.75) is 39.4 Å². The highest BCUT2D eigenvalue weighted by Crippen LogP contribution is 2.47. The normalized spacial score (nSPS) is 29.1. The average Bonchev–Trinajstić information content (AvgIpc) is 2.73. The van der Waals surface area contributed by atoms with Crippen molar-refractivity contribution < 1.29 is 4.79 Å². The van der Waals surface area contributed by atoms with E-state index in [2.05, 4.69) is 31.8 Å². The fourth-order valence-electron chi connectivity index (χ4n) is 3.03. The lowest BCUT2D eigenvalue weighted by molar-refractivity contribution is -0.115. The lowest BCUT2D eigenvalue weighted by atomic mass is 9.97. The van der Waals surface area contributed by atoms with Crippen LogP contribution in [0.3, 0.4) is 0 Å². The van der Waals surface area contributed by atoms with Gasteiger partial charge in [-0.3, -0.25) is 4.79 Å². The highest BCUT2D eigenvalue weighted by Gasteiger charge is 2.42. The third-order valence-electron chi connectivity index (χ3n) is 3.54.